The summed E-state index contributed by atoms with van der Waals surface area (Å²) in [6.07, 6.45) is 0.917. The van der Waals surface area contributed by atoms with Crippen molar-refractivity contribution in [2.24, 2.45) is 5.73 Å². The van der Waals surface area contributed by atoms with E-state index in [0.717, 1.165) is 12.2 Å². The lowest BCUT2D eigenvalue weighted by molar-refractivity contribution is 0.296. The maximum atomic E-state index is 6.00. The first-order valence-corrected chi connectivity index (χ1v) is 8.18. The summed E-state index contributed by atoms with van der Waals surface area (Å²) in [5.41, 5.74) is 10.9. The third-order valence-electron chi connectivity index (χ3n) is 4.21. The lowest BCUT2D eigenvalue weighted by Gasteiger charge is -2.19. The van der Waals surface area contributed by atoms with Gasteiger partial charge < -0.3 is 15.4 Å². The number of hydrogen-bond donors (Lipinski definition) is 1. The van der Waals surface area contributed by atoms with E-state index in [2.05, 4.69) is 75.3 Å². The summed E-state index contributed by atoms with van der Waals surface area (Å²) in [6.45, 7) is 5.48. The number of hydrogen-bond acceptors (Lipinski definition) is 3. The third-order valence-corrected chi connectivity index (χ3v) is 4.21. The van der Waals surface area contributed by atoms with Crippen molar-refractivity contribution in [2.75, 3.05) is 32.1 Å². The molecule has 0 saturated heterocycles. The lowest BCUT2D eigenvalue weighted by Crippen LogP contribution is -2.17. The smallest absolute Gasteiger partial charge is 0.122 e. The quantitative estimate of drug-likeness (QED) is 0.843. The lowest BCUT2D eigenvalue weighted by atomic mass is 9.95. The molecule has 0 fully saturated rings. The van der Waals surface area contributed by atoms with E-state index in [9.17, 15) is 0 Å². The second-order valence-corrected chi connectivity index (χ2v) is 6.33. The van der Waals surface area contributed by atoms with E-state index >= 15 is 0 Å². The fourth-order valence-electron chi connectivity index (χ4n) is 2.65. The van der Waals surface area contributed by atoms with E-state index in [1.807, 2.05) is 0 Å². The maximum absolute atomic E-state index is 6.00. The minimum absolute atomic E-state index is 0.319. The molecule has 3 nitrogen and oxygen atoms in total. The second-order valence-electron chi connectivity index (χ2n) is 6.33. The van der Waals surface area contributed by atoms with Crippen LogP contribution in [0.5, 0.6) is 5.75 Å². The highest BCUT2D eigenvalue weighted by molar-refractivity contribution is 5.48. The fourth-order valence-corrected chi connectivity index (χ4v) is 2.65. The number of aryl methyl sites for hydroxylation is 2. The number of anilines is 1. The molecular formula is C20H28N2O. The Morgan fingerprint density at radius 3 is 2.57 bits per heavy atom. The van der Waals surface area contributed by atoms with Crippen LogP contribution in [0.25, 0.3) is 0 Å². The highest BCUT2D eigenvalue weighted by atomic mass is 16.5. The van der Waals surface area contributed by atoms with Gasteiger partial charge in [0.25, 0.3) is 0 Å². The van der Waals surface area contributed by atoms with Gasteiger partial charge in [-0.15, -0.1) is 0 Å². The summed E-state index contributed by atoms with van der Waals surface area (Å²) >= 11 is 0. The van der Waals surface area contributed by atoms with Crippen LogP contribution in [0.2, 0.25) is 0 Å². The van der Waals surface area contributed by atoms with E-state index in [0.29, 0.717) is 19.1 Å². The molecular weight excluding hydrogens is 284 g/mol. The summed E-state index contributed by atoms with van der Waals surface area (Å²) in [7, 11) is 4.11. The van der Waals surface area contributed by atoms with E-state index in [1.54, 1.807) is 0 Å². The summed E-state index contributed by atoms with van der Waals surface area (Å²) in [4.78, 5) is 2.11. The van der Waals surface area contributed by atoms with E-state index in [-0.39, 0.29) is 0 Å². The zero-order chi connectivity index (χ0) is 16.8. The Labute approximate surface area is 140 Å². The molecule has 0 aliphatic rings. The minimum atomic E-state index is 0.319. The maximum Gasteiger partial charge on any atom is 0.122 e. The van der Waals surface area contributed by atoms with Crippen LogP contribution in [0.1, 0.15) is 29.0 Å². The molecule has 0 saturated carbocycles. The standard InChI is InChI=1S/C20H28N2O/c1-15-8-9-16(2)20(12-15)23-11-10-18(14-21)17-6-5-7-19(13-17)22(3)4/h5-9,12-13,18H,10-11,14,21H2,1-4H3. The van der Waals surface area contributed by atoms with Crippen LogP contribution in [0.4, 0.5) is 5.69 Å². The van der Waals surface area contributed by atoms with Gasteiger partial charge in [-0.05, 0) is 67.6 Å². The first kappa shape index (κ1) is 17.4. The van der Waals surface area contributed by atoms with Gasteiger partial charge in [-0.25, -0.2) is 0 Å². The molecule has 3 heteroatoms. The first-order chi connectivity index (χ1) is 11.0. The molecule has 2 aromatic rings. The molecule has 2 aromatic carbocycles. The zero-order valence-corrected chi connectivity index (χ0v) is 14.7. The molecule has 1 atom stereocenters. The van der Waals surface area contributed by atoms with Crippen molar-refractivity contribution in [3.8, 4) is 5.75 Å². The molecule has 23 heavy (non-hydrogen) atoms. The van der Waals surface area contributed by atoms with Crippen LogP contribution in [0.3, 0.4) is 0 Å². The van der Waals surface area contributed by atoms with Gasteiger partial charge in [0.1, 0.15) is 5.75 Å². The largest absolute Gasteiger partial charge is 0.493 e. The van der Waals surface area contributed by atoms with Gasteiger partial charge in [0.05, 0.1) is 6.61 Å². The van der Waals surface area contributed by atoms with Crippen LogP contribution in [0.15, 0.2) is 42.5 Å². The minimum Gasteiger partial charge on any atom is -0.493 e. The van der Waals surface area contributed by atoms with Gasteiger partial charge in [0.2, 0.25) is 0 Å². The predicted molar refractivity (Wildman–Crippen MR) is 98.6 cm³/mol. The van der Waals surface area contributed by atoms with Gasteiger partial charge in [-0.2, -0.15) is 0 Å². The Morgan fingerprint density at radius 2 is 1.87 bits per heavy atom. The molecule has 0 heterocycles. The Hall–Kier alpha value is -2.00. The van der Waals surface area contributed by atoms with Crippen molar-refractivity contribution in [1.82, 2.24) is 0 Å². The number of nitrogens with two attached hydrogens (primary N) is 1. The Bertz CT molecular complexity index is 637. The highest BCUT2D eigenvalue weighted by Gasteiger charge is 2.11. The van der Waals surface area contributed by atoms with Crippen LogP contribution in [-0.4, -0.2) is 27.2 Å². The highest BCUT2D eigenvalue weighted by Crippen LogP contribution is 2.24. The molecule has 0 amide bonds. The Kier molecular flexibility index (Phi) is 6.05. The van der Waals surface area contributed by atoms with E-state index in [1.165, 1.54) is 22.4 Å². The summed E-state index contributed by atoms with van der Waals surface area (Å²) in [5.74, 6) is 1.29. The molecule has 0 radical (unpaired) electrons. The van der Waals surface area contributed by atoms with E-state index < -0.39 is 0 Å². The molecule has 124 valence electrons. The van der Waals surface area contributed by atoms with Crippen molar-refractivity contribution in [2.45, 2.75) is 26.2 Å². The Balaban J connectivity index is 2.00. The molecule has 0 aliphatic heterocycles. The first-order valence-electron chi connectivity index (χ1n) is 8.18. The van der Waals surface area contributed by atoms with Gasteiger partial charge >= 0.3 is 0 Å². The number of rotatable bonds is 7. The molecule has 2 rings (SSSR count). The third kappa shape index (κ3) is 4.73. The molecule has 0 aliphatic carbocycles. The van der Waals surface area contributed by atoms with Crippen molar-refractivity contribution < 1.29 is 4.74 Å². The molecule has 0 spiro atoms. The molecule has 0 aromatic heterocycles. The van der Waals surface area contributed by atoms with Gasteiger partial charge in [-0.3, -0.25) is 0 Å². The Morgan fingerprint density at radius 1 is 1.09 bits per heavy atom. The zero-order valence-electron chi connectivity index (χ0n) is 14.7. The second kappa shape index (κ2) is 8.02. The van der Waals surface area contributed by atoms with Crippen molar-refractivity contribution in [3.63, 3.8) is 0 Å². The summed E-state index contributed by atoms with van der Waals surface area (Å²) in [6, 6.07) is 14.9. The molecule has 0 bridgehead atoms. The van der Waals surface area contributed by atoms with Gasteiger partial charge in [-0.1, -0.05) is 24.3 Å². The summed E-state index contributed by atoms with van der Waals surface area (Å²) < 4.78 is 5.98. The SMILES string of the molecule is Cc1ccc(C)c(OCCC(CN)c2cccc(N(C)C)c2)c1. The van der Waals surface area contributed by atoms with Gasteiger partial charge in [0, 0.05) is 19.8 Å². The predicted octanol–water partition coefficient (Wildman–Crippen LogP) is 3.88. The number of benzene rings is 2. The normalized spacial score (nSPS) is 12.0. The topological polar surface area (TPSA) is 38.5 Å². The van der Waals surface area contributed by atoms with Gasteiger partial charge in [0.15, 0.2) is 0 Å². The van der Waals surface area contributed by atoms with Crippen LogP contribution >= 0.6 is 0 Å². The fraction of sp³-hybridized carbons (Fsp3) is 0.400. The van der Waals surface area contributed by atoms with Crippen molar-refractivity contribution in [1.29, 1.82) is 0 Å². The average molecular weight is 312 g/mol. The number of nitrogens with zero attached hydrogens (tertiary/aromatic N) is 1. The van der Waals surface area contributed by atoms with Crippen LogP contribution in [-0.2, 0) is 0 Å². The van der Waals surface area contributed by atoms with Crippen LogP contribution < -0.4 is 15.4 Å². The molecule has 1 unspecified atom stereocenters. The summed E-state index contributed by atoms with van der Waals surface area (Å²) in [5, 5.41) is 0. The average Bonchev–Trinajstić information content (AvgIpc) is 2.54. The van der Waals surface area contributed by atoms with E-state index in [4.69, 9.17) is 10.5 Å². The molecule has 2 N–H and O–H groups in total. The van der Waals surface area contributed by atoms with Crippen molar-refractivity contribution >= 4 is 5.69 Å². The number of ether oxygens (including phenoxy) is 1. The van der Waals surface area contributed by atoms with Crippen molar-refractivity contribution in [3.05, 3.63) is 59.2 Å². The monoisotopic (exact) mass is 312 g/mol. The van der Waals surface area contributed by atoms with Crippen LogP contribution in [0, 0.1) is 13.8 Å².